The summed E-state index contributed by atoms with van der Waals surface area (Å²) >= 11 is 0. The largest absolute Gasteiger partial charge is 0.354 e. The molecule has 1 atom stereocenters. The zero-order valence-electron chi connectivity index (χ0n) is 15.3. The molecule has 1 amide bonds. The number of anilines is 1. The van der Waals surface area contributed by atoms with Gasteiger partial charge in [-0.2, -0.15) is 0 Å². The van der Waals surface area contributed by atoms with E-state index in [-0.39, 0.29) is 23.5 Å². The molecule has 0 saturated carbocycles. The van der Waals surface area contributed by atoms with Gasteiger partial charge in [-0.3, -0.25) is 4.79 Å². The molecule has 0 bridgehead atoms. The molecule has 1 aromatic rings. The highest BCUT2D eigenvalue weighted by Gasteiger charge is 2.34. The topological polar surface area (TPSA) is 92.3 Å². The average Bonchev–Trinajstić information content (AvgIpc) is 2.91. The number of unbranched alkanes of at least 4 members (excludes halogenated alkanes) is 2. The highest BCUT2D eigenvalue weighted by molar-refractivity contribution is 7.91. The summed E-state index contributed by atoms with van der Waals surface area (Å²) in [5, 5.41) is 3.17. The van der Waals surface area contributed by atoms with Crippen molar-refractivity contribution in [1.29, 1.82) is 0 Å². The van der Waals surface area contributed by atoms with Gasteiger partial charge in [-0.15, -0.1) is 0 Å². The Balaban J connectivity index is 2.12. The molecule has 8 heteroatoms. The van der Waals surface area contributed by atoms with E-state index in [2.05, 4.69) is 22.2 Å². The normalized spacial score (nSPS) is 18.9. The number of hydrogen-bond donors (Lipinski definition) is 1. The number of nitrogens with zero attached hydrogens (tertiary/aromatic N) is 3. The monoisotopic (exact) mass is 368 g/mol. The van der Waals surface area contributed by atoms with Crippen LogP contribution in [0.5, 0.6) is 0 Å². The zero-order valence-corrected chi connectivity index (χ0v) is 16.1. The third-order valence-corrected chi connectivity index (χ3v) is 6.14. The van der Waals surface area contributed by atoms with E-state index in [0.717, 1.165) is 25.8 Å². The van der Waals surface area contributed by atoms with Crippen LogP contribution in [0.25, 0.3) is 0 Å². The van der Waals surface area contributed by atoms with E-state index in [1.807, 2.05) is 13.8 Å². The maximum atomic E-state index is 12.9. The van der Waals surface area contributed by atoms with Crippen LogP contribution in [0, 0.1) is 6.92 Å². The van der Waals surface area contributed by atoms with Crippen LogP contribution in [0.4, 0.5) is 5.95 Å². The molecule has 1 fully saturated rings. The van der Waals surface area contributed by atoms with Crippen molar-refractivity contribution in [3.05, 3.63) is 17.5 Å². The van der Waals surface area contributed by atoms with Gasteiger partial charge in [0, 0.05) is 24.8 Å². The highest BCUT2D eigenvalue weighted by atomic mass is 32.2. The van der Waals surface area contributed by atoms with Gasteiger partial charge in [0.05, 0.1) is 11.5 Å². The van der Waals surface area contributed by atoms with Gasteiger partial charge in [0.15, 0.2) is 9.84 Å². The summed E-state index contributed by atoms with van der Waals surface area (Å²) in [6, 6.07) is 1.39. The van der Waals surface area contributed by atoms with Gasteiger partial charge < -0.3 is 10.2 Å². The van der Waals surface area contributed by atoms with Gasteiger partial charge in [0.2, 0.25) is 5.95 Å². The molecule has 1 aliphatic heterocycles. The summed E-state index contributed by atoms with van der Waals surface area (Å²) in [5.74, 6) is 0.411. The van der Waals surface area contributed by atoms with Gasteiger partial charge in [-0.1, -0.05) is 19.8 Å². The Morgan fingerprint density at radius 2 is 2.08 bits per heavy atom. The first kappa shape index (κ1) is 19.6. The van der Waals surface area contributed by atoms with Crippen LogP contribution in [0.3, 0.4) is 0 Å². The lowest BCUT2D eigenvalue weighted by atomic mass is 10.2. The summed E-state index contributed by atoms with van der Waals surface area (Å²) in [7, 11) is -3.04. The first-order valence-corrected chi connectivity index (χ1v) is 10.8. The minimum atomic E-state index is -3.04. The molecule has 1 saturated heterocycles. The van der Waals surface area contributed by atoms with Crippen LogP contribution in [0.15, 0.2) is 6.07 Å². The van der Waals surface area contributed by atoms with E-state index in [4.69, 9.17) is 0 Å². The second kappa shape index (κ2) is 8.60. The lowest BCUT2D eigenvalue weighted by Gasteiger charge is -2.26. The number of hydrogen-bond acceptors (Lipinski definition) is 6. The third kappa shape index (κ3) is 5.39. The Kier molecular flexibility index (Phi) is 6.75. The fourth-order valence-electron chi connectivity index (χ4n) is 3.07. The lowest BCUT2D eigenvalue weighted by Crippen LogP contribution is -2.41. The summed E-state index contributed by atoms with van der Waals surface area (Å²) in [6.07, 6.45) is 3.78. The second-order valence-electron chi connectivity index (χ2n) is 6.50. The lowest BCUT2D eigenvalue weighted by molar-refractivity contribution is 0.0702. The number of sulfone groups is 1. The zero-order chi connectivity index (χ0) is 18.4. The van der Waals surface area contributed by atoms with E-state index in [1.54, 1.807) is 11.0 Å². The maximum absolute atomic E-state index is 12.9. The molecule has 25 heavy (non-hydrogen) atoms. The van der Waals surface area contributed by atoms with Crippen LogP contribution >= 0.6 is 0 Å². The number of aromatic nitrogens is 2. The molecule has 140 valence electrons. The van der Waals surface area contributed by atoms with E-state index in [0.29, 0.717) is 30.3 Å². The number of amides is 1. The quantitative estimate of drug-likeness (QED) is 0.706. The standard InChI is InChI=1S/C17H28N4O3S/c1-4-6-7-9-18-17-19-13(3)11-15(20-17)16(22)21(5-2)14-8-10-25(23,24)12-14/h11,14H,4-10,12H2,1-3H3,(H,18,19,20). The SMILES string of the molecule is CCCCCNc1nc(C)cc(C(=O)N(CC)C2CCS(=O)(=O)C2)n1. The predicted octanol–water partition coefficient (Wildman–Crippen LogP) is 2.04. The number of aryl methyl sites for hydroxylation is 1. The number of carbonyl (C=O) groups excluding carboxylic acids is 1. The molecule has 2 heterocycles. The van der Waals surface area contributed by atoms with Crippen molar-refractivity contribution in [2.75, 3.05) is 29.9 Å². The fraction of sp³-hybridized carbons (Fsp3) is 0.706. The number of carbonyl (C=O) groups is 1. The molecule has 0 aliphatic carbocycles. The molecule has 0 spiro atoms. The number of nitrogens with one attached hydrogen (secondary N) is 1. The Morgan fingerprint density at radius 3 is 2.68 bits per heavy atom. The fourth-order valence-corrected chi connectivity index (χ4v) is 4.80. The van der Waals surface area contributed by atoms with Crippen molar-refractivity contribution < 1.29 is 13.2 Å². The van der Waals surface area contributed by atoms with Gasteiger partial charge in [0.1, 0.15) is 5.69 Å². The van der Waals surface area contributed by atoms with Crippen molar-refractivity contribution in [2.24, 2.45) is 0 Å². The summed E-state index contributed by atoms with van der Waals surface area (Å²) in [4.78, 5) is 23.2. The van der Waals surface area contributed by atoms with Gasteiger partial charge in [-0.05, 0) is 32.8 Å². The molecule has 7 nitrogen and oxygen atoms in total. The molecule has 1 N–H and O–H groups in total. The summed E-state index contributed by atoms with van der Waals surface area (Å²) < 4.78 is 23.5. The van der Waals surface area contributed by atoms with Crippen LogP contribution in [0.1, 0.15) is 55.7 Å². The van der Waals surface area contributed by atoms with Crippen LogP contribution < -0.4 is 5.32 Å². The molecule has 0 aromatic carbocycles. The van der Waals surface area contributed by atoms with Gasteiger partial charge in [-0.25, -0.2) is 18.4 Å². The van der Waals surface area contributed by atoms with Crippen LogP contribution in [-0.4, -0.2) is 59.8 Å². The Labute approximate surface area is 150 Å². The minimum Gasteiger partial charge on any atom is -0.354 e. The third-order valence-electron chi connectivity index (χ3n) is 4.39. The first-order chi connectivity index (χ1) is 11.9. The first-order valence-electron chi connectivity index (χ1n) is 8.97. The van der Waals surface area contributed by atoms with Crippen LogP contribution in [0.2, 0.25) is 0 Å². The molecule has 1 aromatic heterocycles. The van der Waals surface area contributed by atoms with E-state index < -0.39 is 9.84 Å². The molecule has 2 rings (SSSR count). The van der Waals surface area contributed by atoms with Gasteiger partial charge in [0.25, 0.3) is 5.91 Å². The Morgan fingerprint density at radius 1 is 1.32 bits per heavy atom. The van der Waals surface area contributed by atoms with Crippen molar-refractivity contribution in [1.82, 2.24) is 14.9 Å². The molecule has 1 unspecified atom stereocenters. The van der Waals surface area contributed by atoms with Crippen molar-refractivity contribution in [3.8, 4) is 0 Å². The molecule has 0 radical (unpaired) electrons. The predicted molar refractivity (Wildman–Crippen MR) is 98.6 cm³/mol. The van der Waals surface area contributed by atoms with E-state index in [1.165, 1.54) is 0 Å². The Hall–Kier alpha value is -1.70. The van der Waals surface area contributed by atoms with E-state index >= 15 is 0 Å². The minimum absolute atomic E-state index is 0.0404. The smallest absolute Gasteiger partial charge is 0.272 e. The maximum Gasteiger partial charge on any atom is 0.272 e. The number of rotatable bonds is 8. The van der Waals surface area contributed by atoms with Crippen LogP contribution in [-0.2, 0) is 9.84 Å². The molecule has 1 aliphatic rings. The van der Waals surface area contributed by atoms with Gasteiger partial charge >= 0.3 is 0 Å². The average molecular weight is 369 g/mol. The second-order valence-corrected chi connectivity index (χ2v) is 8.73. The van der Waals surface area contributed by atoms with Crippen molar-refractivity contribution in [2.45, 2.75) is 52.5 Å². The summed E-state index contributed by atoms with van der Waals surface area (Å²) in [6.45, 7) is 7.06. The Bertz CT molecular complexity index is 706. The molecular weight excluding hydrogens is 340 g/mol. The van der Waals surface area contributed by atoms with Crippen molar-refractivity contribution in [3.63, 3.8) is 0 Å². The van der Waals surface area contributed by atoms with E-state index in [9.17, 15) is 13.2 Å². The molecular formula is C17H28N4O3S. The van der Waals surface area contributed by atoms with Crippen molar-refractivity contribution >= 4 is 21.7 Å². The highest BCUT2D eigenvalue weighted by Crippen LogP contribution is 2.20. The summed E-state index contributed by atoms with van der Waals surface area (Å²) in [5.41, 5.74) is 1.03.